The second-order valence-corrected chi connectivity index (χ2v) is 4.95. The molecule has 1 aromatic carbocycles. The van der Waals surface area contributed by atoms with Crippen molar-refractivity contribution in [3.8, 4) is 11.5 Å². The first kappa shape index (κ1) is 12.8. The van der Waals surface area contributed by atoms with E-state index in [0.717, 1.165) is 11.3 Å². The van der Waals surface area contributed by atoms with Crippen molar-refractivity contribution in [3.05, 3.63) is 23.8 Å². The summed E-state index contributed by atoms with van der Waals surface area (Å²) in [5, 5.41) is 5.58. The minimum Gasteiger partial charge on any atom is -0.454 e. The molecule has 1 aromatic rings. The first-order valence-electron chi connectivity index (χ1n) is 6.65. The van der Waals surface area contributed by atoms with E-state index in [4.69, 9.17) is 9.47 Å². The van der Waals surface area contributed by atoms with E-state index < -0.39 is 0 Å². The normalized spacial score (nSPS) is 20.4. The smallest absolute Gasteiger partial charge is 0.231 e. The molecule has 6 heteroatoms. The van der Waals surface area contributed by atoms with Crippen LogP contribution in [0.3, 0.4) is 0 Å². The molecular formula is C14H16N2O4. The molecule has 1 fully saturated rings. The van der Waals surface area contributed by atoms with Gasteiger partial charge in [-0.1, -0.05) is 6.07 Å². The molecule has 0 bridgehead atoms. The van der Waals surface area contributed by atoms with Crippen LogP contribution in [0.5, 0.6) is 11.5 Å². The monoisotopic (exact) mass is 276 g/mol. The van der Waals surface area contributed by atoms with Crippen LogP contribution in [0.4, 0.5) is 0 Å². The SMILES string of the molecule is O=C1CC(C(=O)NCc2ccc3c(c2)OCO3)CCN1. The summed E-state index contributed by atoms with van der Waals surface area (Å²) >= 11 is 0. The molecule has 2 N–H and O–H groups in total. The maximum Gasteiger partial charge on any atom is 0.231 e. The molecule has 0 aliphatic carbocycles. The van der Waals surface area contributed by atoms with Crippen molar-refractivity contribution in [1.29, 1.82) is 0 Å². The summed E-state index contributed by atoms with van der Waals surface area (Å²) in [6.45, 7) is 1.23. The lowest BCUT2D eigenvalue weighted by Gasteiger charge is -2.21. The minimum atomic E-state index is -0.224. The number of fused-ring (bicyclic) bond motifs is 1. The van der Waals surface area contributed by atoms with Crippen molar-refractivity contribution < 1.29 is 19.1 Å². The summed E-state index contributed by atoms with van der Waals surface area (Å²) in [5.41, 5.74) is 0.947. The van der Waals surface area contributed by atoms with Gasteiger partial charge in [-0.25, -0.2) is 0 Å². The highest BCUT2D eigenvalue weighted by molar-refractivity contribution is 5.86. The number of nitrogens with one attached hydrogen (secondary N) is 2. The predicted molar refractivity (Wildman–Crippen MR) is 70.1 cm³/mol. The Hall–Kier alpha value is -2.24. The highest BCUT2D eigenvalue weighted by atomic mass is 16.7. The van der Waals surface area contributed by atoms with Gasteiger partial charge in [0.15, 0.2) is 11.5 Å². The van der Waals surface area contributed by atoms with E-state index >= 15 is 0 Å². The van der Waals surface area contributed by atoms with E-state index in [9.17, 15) is 9.59 Å². The predicted octanol–water partition coefficient (Wildman–Crippen LogP) is 0.558. The fourth-order valence-corrected chi connectivity index (χ4v) is 2.39. The molecule has 6 nitrogen and oxygen atoms in total. The van der Waals surface area contributed by atoms with Gasteiger partial charge in [0.05, 0.1) is 0 Å². The number of rotatable bonds is 3. The van der Waals surface area contributed by atoms with E-state index in [1.54, 1.807) is 0 Å². The van der Waals surface area contributed by atoms with Gasteiger partial charge in [0.2, 0.25) is 18.6 Å². The average Bonchev–Trinajstić information content (AvgIpc) is 2.92. The van der Waals surface area contributed by atoms with Crippen LogP contribution in [0.2, 0.25) is 0 Å². The zero-order valence-electron chi connectivity index (χ0n) is 11.0. The number of benzene rings is 1. The highest BCUT2D eigenvalue weighted by Crippen LogP contribution is 2.32. The molecule has 0 spiro atoms. The van der Waals surface area contributed by atoms with Gasteiger partial charge in [-0.3, -0.25) is 9.59 Å². The number of amides is 2. The lowest BCUT2D eigenvalue weighted by atomic mass is 9.96. The summed E-state index contributed by atoms with van der Waals surface area (Å²) in [6, 6.07) is 5.58. The third kappa shape index (κ3) is 2.68. The number of carbonyl (C=O) groups excluding carboxylic acids is 2. The first-order valence-corrected chi connectivity index (χ1v) is 6.65. The lowest BCUT2D eigenvalue weighted by molar-refractivity contribution is -0.132. The van der Waals surface area contributed by atoms with Crippen molar-refractivity contribution >= 4 is 11.8 Å². The van der Waals surface area contributed by atoms with E-state index in [0.29, 0.717) is 25.3 Å². The Morgan fingerprint density at radius 3 is 3.05 bits per heavy atom. The standard InChI is InChI=1S/C14H16N2O4/c17-13-6-10(3-4-15-13)14(18)16-7-9-1-2-11-12(5-9)20-8-19-11/h1-2,5,10H,3-4,6-8H2,(H,15,17)(H,16,18). The Bertz CT molecular complexity index is 544. The molecular weight excluding hydrogens is 260 g/mol. The van der Waals surface area contributed by atoms with Crippen molar-refractivity contribution in [1.82, 2.24) is 10.6 Å². The molecule has 0 aromatic heterocycles. The average molecular weight is 276 g/mol. The Morgan fingerprint density at radius 1 is 1.35 bits per heavy atom. The molecule has 2 heterocycles. The van der Waals surface area contributed by atoms with Gasteiger partial charge in [0.1, 0.15) is 0 Å². The van der Waals surface area contributed by atoms with Crippen LogP contribution in [0.25, 0.3) is 0 Å². The summed E-state index contributed by atoms with van der Waals surface area (Å²) < 4.78 is 10.5. The quantitative estimate of drug-likeness (QED) is 0.845. The van der Waals surface area contributed by atoms with Gasteiger partial charge in [-0.05, 0) is 24.1 Å². The van der Waals surface area contributed by atoms with E-state index in [2.05, 4.69) is 10.6 Å². The number of carbonyl (C=O) groups is 2. The summed E-state index contributed by atoms with van der Waals surface area (Å²) in [5.74, 6) is 1.08. The number of hydrogen-bond acceptors (Lipinski definition) is 4. The van der Waals surface area contributed by atoms with Crippen molar-refractivity contribution in [2.75, 3.05) is 13.3 Å². The molecule has 0 radical (unpaired) electrons. The first-order chi connectivity index (χ1) is 9.72. The van der Waals surface area contributed by atoms with Crippen LogP contribution in [-0.4, -0.2) is 25.2 Å². The fraction of sp³-hybridized carbons (Fsp3) is 0.429. The zero-order valence-corrected chi connectivity index (χ0v) is 11.0. The number of ether oxygens (including phenoxy) is 2. The molecule has 2 aliphatic heterocycles. The van der Waals surface area contributed by atoms with Gasteiger partial charge < -0.3 is 20.1 Å². The molecule has 0 saturated carbocycles. The third-order valence-corrected chi connectivity index (χ3v) is 3.52. The van der Waals surface area contributed by atoms with Gasteiger partial charge >= 0.3 is 0 Å². The second-order valence-electron chi connectivity index (χ2n) is 4.95. The Kier molecular flexibility index (Phi) is 3.45. The van der Waals surface area contributed by atoms with Gasteiger partial charge in [-0.2, -0.15) is 0 Å². The van der Waals surface area contributed by atoms with E-state index in [1.165, 1.54) is 0 Å². The van der Waals surface area contributed by atoms with Crippen molar-refractivity contribution in [3.63, 3.8) is 0 Å². The molecule has 2 amide bonds. The van der Waals surface area contributed by atoms with Crippen molar-refractivity contribution in [2.24, 2.45) is 5.92 Å². The molecule has 2 aliphatic rings. The van der Waals surface area contributed by atoms with Gasteiger partial charge in [0, 0.05) is 25.4 Å². The van der Waals surface area contributed by atoms with Crippen LogP contribution < -0.4 is 20.1 Å². The fourth-order valence-electron chi connectivity index (χ4n) is 2.39. The highest BCUT2D eigenvalue weighted by Gasteiger charge is 2.25. The van der Waals surface area contributed by atoms with Gasteiger partial charge in [0.25, 0.3) is 0 Å². The Balaban J connectivity index is 1.56. The van der Waals surface area contributed by atoms with Crippen LogP contribution in [0.15, 0.2) is 18.2 Å². The van der Waals surface area contributed by atoms with Crippen LogP contribution in [-0.2, 0) is 16.1 Å². The largest absolute Gasteiger partial charge is 0.454 e. The van der Waals surface area contributed by atoms with E-state index in [1.807, 2.05) is 18.2 Å². The molecule has 1 atom stereocenters. The number of hydrogen-bond donors (Lipinski definition) is 2. The summed E-state index contributed by atoms with van der Waals surface area (Å²) in [4.78, 5) is 23.3. The second kappa shape index (κ2) is 5.40. The number of piperidine rings is 1. The third-order valence-electron chi connectivity index (χ3n) is 3.52. The van der Waals surface area contributed by atoms with Crippen molar-refractivity contribution in [2.45, 2.75) is 19.4 Å². The Labute approximate surface area is 116 Å². The van der Waals surface area contributed by atoms with Crippen LogP contribution in [0, 0.1) is 5.92 Å². The van der Waals surface area contributed by atoms with Crippen LogP contribution >= 0.6 is 0 Å². The molecule has 106 valence electrons. The summed E-state index contributed by atoms with van der Waals surface area (Å²) in [7, 11) is 0. The molecule has 1 saturated heterocycles. The zero-order chi connectivity index (χ0) is 13.9. The van der Waals surface area contributed by atoms with Gasteiger partial charge in [-0.15, -0.1) is 0 Å². The Morgan fingerprint density at radius 2 is 2.20 bits per heavy atom. The van der Waals surface area contributed by atoms with Crippen LogP contribution in [0.1, 0.15) is 18.4 Å². The molecule has 3 rings (SSSR count). The summed E-state index contributed by atoms with van der Waals surface area (Å²) in [6.07, 6.45) is 0.964. The molecule has 20 heavy (non-hydrogen) atoms. The topological polar surface area (TPSA) is 76.7 Å². The maximum atomic E-state index is 12.0. The molecule has 1 unspecified atom stereocenters. The van der Waals surface area contributed by atoms with E-state index in [-0.39, 0.29) is 30.9 Å². The minimum absolute atomic E-state index is 0.0560. The maximum absolute atomic E-state index is 12.0. The lowest BCUT2D eigenvalue weighted by Crippen LogP contribution is -2.40.